The summed E-state index contributed by atoms with van der Waals surface area (Å²) in [6.45, 7) is 1.39. The van der Waals surface area contributed by atoms with Gasteiger partial charge in [-0.1, -0.05) is 36.4 Å². The Labute approximate surface area is 204 Å². The Morgan fingerprint density at radius 1 is 1.00 bits per heavy atom. The number of aromatic nitrogens is 1. The van der Waals surface area contributed by atoms with Gasteiger partial charge in [0.1, 0.15) is 19.0 Å². The second kappa shape index (κ2) is 10.0. The molecule has 1 aliphatic heterocycles. The molecule has 0 bridgehead atoms. The molecular formula is C28H28N2O5. The smallest absolute Gasteiger partial charge is 0.221 e. The average Bonchev–Trinajstić information content (AvgIpc) is 3.34. The predicted octanol–water partition coefficient (Wildman–Crippen LogP) is 4.79. The number of carbonyl (C=O) groups excluding carboxylic acids is 1. The molecule has 2 heterocycles. The Hall–Kier alpha value is -4.13. The summed E-state index contributed by atoms with van der Waals surface area (Å²) >= 11 is 0. The maximum absolute atomic E-state index is 13.2. The van der Waals surface area contributed by atoms with Gasteiger partial charge in [0.2, 0.25) is 11.7 Å². The summed E-state index contributed by atoms with van der Waals surface area (Å²) in [6, 6.07) is 19.6. The van der Waals surface area contributed by atoms with E-state index in [0.29, 0.717) is 37.0 Å². The Morgan fingerprint density at radius 2 is 1.80 bits per heavy atom. The number of carbonyl (C=O) groups is 1. The number of aromatic amines is 1. The van der Waals surface area contributed by atoms with Crippen molar-refractivity contribution in [3.8, 4) is 23.0 Å². The molecular weight excluding hydrogens is 444 g/mol. The molecule has 4 aromatic rings. The minimum Gasteiger partial charge on any atom is -0.496 e. The number of ether oxygens (including phenoxy) is 4. The van der Waals surface area contributed by atoms with Crippen LogP contribution in [-0.2, 0) is 11.3 Å². The first-order chi connectivity index (χ1) is 17.2. The lowest BCUT2D eigenvalue weighted by molar-refractivity contribution is -0.121. The van der Waals surface area contributed by atoms with Crippen LogP contribution in [0.3, 0.4) is 0 Å². The summed E-state index contributed by atoms with van der Waals surface area (Å²) in [6.07, 6.45) is 2.19. The first-order valence-corrected chi connectivity index (χ1v) is 11.6. The van der Waals surface area contributed by atoms with Crippen molar-refractivity contribution >= 4 is 16.8 Å². The molecule has 0 saturated carbocycles. The molecule has 0 aliphatic carbocycles. The normalized spacial score (nSPS) is 13.3. The fourth-order valence-electron chi connectivity index (χ4n) is 4.58. The van der Waals surface area contributed by atoms with E-state index in [1.54, 1.807) is 14.2 Å². The van der Waals surface area contributed by atoms with Gasteiger partial charge < -0.3 is 29.2 Å². The van der Waals surface area contributed by atoms with Gasteiger partial charge in [-0.15, -0.1) is 0 Å². The molecule has 1 aliphatic rings. The predicted molar refractivity (Wildman–Crippen MR) is 134 cm³/mol. The summed E-state index contributed by atoms with van der Waals surface area (Å²) in [7, 11) is 3.26. The van der Waals surface area contributed by atoms with Crippen molar-refractivity contribution in [3.63, 3.8) is 0 Å². The van der Waals surface area contributed by atoms with Crippen molar-refractivity contribution < 1.29 is 23.7 Å². The van der Waals surface area contributed by atoms with Gasteiger partial charge in [-0.2, -0.15) is 0 Å². The molecule has 1 atom stereocenters. The highest BCUT2D eigenvalue weighted by molar-refractivity contribution is 5.91. The molecule has 5 rings (SSSR count). The molecule has 0 saturated heterocycles. The molecule has 0 radical (unpaired) electrons. The molecule has 180 valence electrons. The van der Waals surface area contributed by atoms with Crippen molar-refractivity contribution in [2.45, 2.75) is 18.9 Å². The van der Waals surface area contributed by atoms with Gasteiger partial charge in [0.15, 0.2) is 11.5 Å². The Kier molecular flexibility index (Phi) is 6.48. The van der Waals surface area contributed by atoms with Crippen LogP contribution in [-0.4, -0.2) is 38.3 Å². The molecule has 0 fully saturated rings. The number of hydrogen-bond acceptors (Lipinski definition) is 5. The molecule has 7 nitrogen and oxygen atoms in total. The topological polar surface area (TPSA) is 81.8 Å². The van der Waals surface area contributed by atoms with Crippen LogP contribution in [0, 0.1) is 0 Å². The highest BCUT2D eigenvalue weighted by atomic mass is 16.6. The summed E-state index contributed by atoms with van der Waals surface area (Å²) in [5, 5.41) is 4.01. The molecule has 35 heavy (non-hydrogen) atoms. The van der Waals surface area contributed by atoms with E-state index in [9.17, 15) is 4.79 Å². The standard InChI is InChI=1S/C28H28N2O5/c1-32-23-10-6-9-22-27(23)21(17-29-22)20(15-26(31)30-16-18-7-4-3-5-8-18)19-13-24(33-2)28-25(14-19)34-11-12-35-28/h3-10,13-14,17,20,29H,11-12,15-16H2,1-2H3,(H,30,31)/t20-/m1/s1. The first kappa shape index (κ1) is 22.7. The Bertz CT molecular complexity index is 1310. The highest BCUT2D eigenvalue weighted by Crippen LogP contribution is 2.45. The number of fused-ring (bicyclic) bond motifs is 2. The fraction of sp³-hybridized carbons (Fsp3) is 0.250. The molecule has 1 amide bonds. The second-order valence-corrected chi connectivity index (χ2v) is 8.39. The number of benzene rings is 3. The zero-order valence-electron chi connectivity index (χ0n) is 19.8. The van der Waals surface area contributed by atoms with Gasteiger partial charge >= 0.3 is 0 Å². The largest absolute Gasteiger partial charge is 0.496 e. The maximum Gasteiger partial charge on any atom is 0.221 e. The highest BCUT2D eigenvalue weighted by Gasteiger charge is 2.27. The van der Waals surface area contributed by atoms with Gasteiger partial charge in [-0.3, -0.25) is 4.79 Å². The fourth-order valence-corrected chi connectivity index (χ4v) is 4.58. The minimum atomic E-state index is -0.277. The quantitative estimate of drug-likeness (QED) is 0.385. The van der Waals surface area contributed by atoms with Crippen LogP contribution in [0.15, 0.2) is 66.9 Å². The van der Waals surface area contributed by atoms with E-state index in [2.05, 4.69) is 10.3 Å². The molecule has 0 spiro atoms. The van der Waals surface area contributed by atoms with Crippen LogP contribution in [0.1, 0.15) is 29.0 Å². The lowest BCUT2D eigenvalue weighted by atomic mass is 9.87. The van der Waals surface area contributed by atoms with Gasteiger partial charge in [-0.25, -0.2) is 0 Å². The van der Waals surface area contributed by atoms with Crippen LogP contribution < -0.4 is 24.3 Å². The van der Waals surface area contributed by atoms with Crippen LogP contribution in [0.2, 0.25) is 0 Å². The number of nitrogens with one attached hydrogen (secondary N) is 2. The van der Waals surface area contributed by atoms with Crippen LogP contribution in [0.5, 0.6) is 23.0 Å². The van der Waals surface area contributed by atoms with Crippen LogP contribution in [0.25, 0.3) is 10.9 Å². The third-order valence-corrected chi connectivity index (χ3v) is 6.27. The molecule has 3 aromatic carbocycles. The van der Waals surface area contributed by atoms with E-state index in [0.717, 1.165) is 33.3 Å². The van der Waals surface area contributed by atoms with Crippen LogP contribution >= 0.6 is 0 Å². The summed E-state index contributed by atoms with van der Waals surface area (Å²) in [5.41, 5.74) is 3.85. The third kappa shape index (κ3) is 4.62. The number of H-pyrrole nitrogens is 1. The molecule has 7 heteroatoms. The monoisotopic (exact) mass is 472 g/mol. The van der Waals surface area contributed by atoms with Crippen molar-refractivity contribution in [1.29, 1.82) is 0 Å². The SMILES string of the molecule is COc1cc([C@@H](CC(=O)NCc2ccccc2)c2c[nH]c3cccc(OC)c23)cc2c1OCCO2. The number of hydrogen-bond donors (Lipinski definition) is 2. The van der Waals surface area contributed by atoms with Gasteiger partial charge in [0.05, 0.1) is 14.2 Å². The first-order valence-electron chi connectivity index (χ1n) is 11.6. The average molecular weight is 473 g/mol. The van der Waals surface area contributed by atoms with E-state index in [-0.39, 0.29) is 18.2 Å². The minimum absolute atomic E-state index is 0.0584. The summed E-state index contributed by atoms with van der Waals surface area (Å²) < 4.78 is 23.0. The van der Waals surface area contributed by atoms with E-state index in [1.165, 1.54) is 0 Å². The summed E-state index contributed by atoms with van der Waals surface area (Å²) in [4.78, 5) is 16.5. The maximum atomic E-state index is 13.2. The van der Waals surface area contributed by atoms with Gasteiger partial charge in [0.25, 0.3) is 0 Å². The zero-order valence-corrected chi connectivity index (χ0v) is 19.8. The molecule has 1 aromatic heterocycles. The van der Waals surface area contributed by atoms with E-state index >= 15 is 0 Å². The van der Waals surface area contributed by atoms with Crippen LogP contribution in [0.4, 0.5) is 0 Å². The summed E-state index contributed by atoms with van der Waals surface area (Å²) in [5.74, 6) is 2.20. The van der Waals surface area contributed by atoms with E-state index in [4.69, 9.17) is 18.9 Å². The Morgan fingerprint density at radius 3 is 2.60 bits per heavy atom. The Balaban J connectivity index is 1.54. The van der Waals surface area contributed by atoms with E-state index < -0.39 is 0 Å². The molecule has 0 unspecified atom stereocenters. The van der Waals surface area contributed by atoms with Crippen molar-refractivity contribution in [1.82, 2.24) is 10.3 Å². The number of methoxy groups -OCH3 is 2. The van der Waals surface area contributed by atoms with Crippen molar-refractivity contribution in [2.75, 3.05) is 27.4 Å². The lowest BCUT2D eigenvalue weighted by Gasteiger charge is -2.24. The van der Waals surface area contributed by atoms with Crippen molar-refractivity contribution in [2.24, 2.45) is 0 Å². The third-order valence-electron chi connectivity index (χ3n) is 6.27. The van der Waals surface area contributed by atoms with E-state index in [1.807, 2.05) is 66.9 Å². The zero-order chi connectivity index (χ0) is 24.2. The van der Waals surface area contributed by atoms with Gasteiger partial charge in [-0.05, 0) is 41.0 Å². The lowest BCUT2D eigenvalue weighted by Crippen LogP contribution is -2.25. The number of rotatable bonds is 8. The number of amides is 1. The second-order valence-electron chi connectivity index (χ2n) is 8.39. The van der Waals surface area contributed by atoms with Gasteiger partial charge in [0, 0.05) is 36.0 Å². The van der Waals surface area contributed by atoms with Crippen molar-refractivity contribution in [3.05, 3.63) is 83.6 Å². The molecule has 2 N–H and O–H groups in total.